The standard InChI is InChI=1S/C26H26N2O3/c1-3-19-9-13-22(14-10-19)31-18-6-17-28-25(20-11-15-21(30-2)16-12-20)27-24-8-5-4-7-23(24)26(28)29/h4-5,7-16H,3,6,17-18H2,1-2H3. The van der Waals surface area contributed by atoms with Crippen LogP contribution in [0.25, 0.3) is 22.3 Å². The molecule has 0 N–H and O–H groups in total. The number of nitrogens with zero attached hydrogens (tertiary/aromatic N) is 2. The fourth-order valence-corrected chi connectivity index (χ4v) is 3.57. The van der Waals surface area contributed by atoms with Crippen molar-refractivity contribution in [3.8, 4) is 22.9 Å². The zero-order chi connectivity index (χ0) is 21.6. The van der Waals surface area contributed by atoms with Crippen molar-refractivity contribution in [3.63, 3.8) is 0 Å². The third-order valence-electron chi connectivity index (χ3n) is 5.34. The predicted molar refractivity (Wildman–Crippen MR) is 124 cm³/mol. The summed E-state index contributed by atoms with van der Waals surface area (Å²) in [5, 5.41) is 0.621. The van der Waals surface area contributed by atoms with Crippen LogP contribution in [0.1, 0.15) is 18.9 Å². The van der Waals surface area contributed by atoms with E-state index in [2.05, 4.69) is 19.1 Å². The van der Waals surface area contributed by atoms with Gasteiger partial charge in [-0.2, -0.15) is 0 Å². The Morgan fingerprint density at radius 1 is 0.903 bits per heavy atom. The van der Waals surface area contributed by atoms with E-state index in [0.29, 0.717) is 36.3 Å². The molecule has 4 rings (SSSR count). The first kappa shape index (κ1) is 20.7. The van der Waals surface area contributed by atoms with Crippen molar-refractivity contribution in [2.45, 2.75) is 26.3 Å². The lowest BCUT2D eigenvalue weighted by Crippen LogP contribution is -2.24. The molecular formula is C26H26N2O3. The van der Waals surface area contributed by atoms with Crippen molar-refractivity contribution in [1.82, 2.24) is 9.55 Å². The van der Waals surface area contributed by atoms with Crippen LogP contribution in [-0.4, -0.2) is 23.3 Å². The summed E-state index contributed by atoms with van der Waals surface area (Å²) in [4.78, 5) is 18.0. The minimum Gasteiger partial charge on any atom is -0.497 e. The van der Waals surface area contributed by atoms with Crippen molar-refractivity contribution in [2.75, 3.05) is 13.7 Å². The molecule has 1 aromatic heterocycles. The molecule has 0 bridgehead atoms. The number of fused-ring (bicyclic) bond motifs is 1. The Labute approximate surface area is 181 Å². The molecule has 0 fully saturated rings. The van der Waals surface area contributed by atoms with E-state index in [4.69, 9.17) is 14.5 Å². The second-order valence-corrected chi connectivity index (χ2v) is 7.34. The minimum atomic E-state index is -0.0382. The highest BCUT2D eigenvalue weighted by Crippen LogP contribution is 2.22. The van der Waals surface area contributed by atoms with Crippen molar-refractivity contribution in [3.05, 3.63) is 88.7 Å². The molecule has 0 aliphatic rings. The zero-order valence-corrected chi connectivity index (χ0v) is 17.9. The van der Waals surface area contributed by atoms with Crippen molar-refractivity contribution >= 4 is 10.9 Å². The van der Waals surface area contributed by atoms with Gasteiger partial charge >= 0.3 is 0 Å². The second kappa shape index (κ2) is 9.47. The van der Waals surface area contributed by atoms with E-state index < -0.39 is 0 Å². The Morgan fingerprint density at radius 3 is 2.32 bits per heavy atom. The van der Waals surface area contributed by atoms with Gasteiger partial charge in [0.25, 0.3) is 5.56 Å². The number of ether oxygens (including phenoxy) is 2. The zero-order valence-electron chi connectivity index (χ0n) is 17.9. The molecule has 31 heavy (non-hydrogen) atoms. The van der Waals surface area contributed by atoms with E-state index in [1.54, 1.807) is 11.7 Å². The van der Waals surface area contributed by atoms with Gasteiger partial charge in [0.2, 0.25) is 0 Å². The van der Waals surface area contributed by atoms with E-state index in [9.17, 15) is 4.79 Å². The largest absolute Gasteiger partial charge is 0.497 e. The maximum atomic E-state index is 13.2. The summed E-state index contributed by atoms with van der Waals surface area (Å²) in [5.74, 6) is 2.26. The SMILES string of the molecule is CCc1ccc(OCCCn2c(-c3ccc(OC)cc3)nc3ccccc3c2=O)cc1. The number of benzene rings is 3. The Balaban J connectivity index is 1.58. The summed E-state index contributed by atoms with van der Waals surface area (Å²) >= 11 is 0. The van der Waals surface area contributed by atoms with Crippen molar-refractivity contribution in [2.24, 2.45) is 0 Å². The fourth-order valence-electron chi connectivity index (χ4n) is 3.57. The predicted octanol–water partition coefficient (Wildman–Crippen LogP) is 5.10. The van der Waals surface area contributed by atoms with Crippen LogP contribution < -0.4 is 15.0 Å². The highest BCUT2D eigenvalue weighted by molar-refractivity contribution is 5.79. The number of aromatic nitrogens is 2. The first-order valence-corrected chi connectivity index (χ1v) is 10.6. The van der Waals surface area contributed by atoms with Crippen LogP contribution in [0, 0.1) is 0 Å². The van der Waals surface area contributed by atoms with E-state index in [0.717, 1.165) is 23.5 Å². The molecule has 3 aromatic carbocycles. The van der Waals surface area contributed by atoms with E-state index >= 15 is 0 Å². The molecule has 0 radical (unpaired) electrons. The molecule has 0 unspecified atom stereocenters. The number of rotatable bonds is 8. The van der Waals surface area contributed by atoms with Gasteiger partial charge in [0.15, 0.2) is 0 Å². The van der Waals surface area contributed by atoms with Gasteiger partial charge in [0.1, 0.15) is 17.3 Å². The molecule has 5 nitrogen and oxygen atoms in total. The number of hydrogen-bond acceptors (Lipinski definition) is 4. The molecule has 0 spiro atoms. The topological polar surface area (TPSA) is 53.4 Å². The monoisotopic (exact) mass is 414 g/mol. The van der Waals surface area contributed by atoms with Gasteiger partial charge in [-0.15, -0.1) is 0 Å². The molecular weight excluding hydrogens is 388 g/mol. The smallest absolute Gasteiger partial charge is 0.261 e. The highest BCUT2D eigenvalue weighted by Gasteiger charge is 2.13. The Bertz CT molecular complexity index is 1210. The summed E-state index contributed by atoms with van der Waals surface area (Å²) in [6, 6.07) is 23.2. The lowest BCUT2D eigenvalue weighted by atomic mass is 10.1. The van der Waals surface area contributed by atoms with E-state index in [1.165, 1.54) is 5.56 Å². The summed E-state index contributed by atoms with van der Waals surface area (Å²) in [6.07, 6.45) is 1.70. The maximum Gasteiger partial charge on any atom is 0.261 e. The lowest BCUT2D eigenvalue weighted by molar-refractivity contribution is 0.301. The van der Waals surface area contributed by atoms with Crippen molar-refractivity contribution < 1.29 is 9.47 Å². The second-order valence-electron chi connectivity index (χ2n) is 7.34. The molecule has 0 saturated heterocycles. The van der Waals surface area contributed by atoms with Crippen molar-refractivity contribution in [1.29, 1.82) is 0 Å². The number of hydrogen-bond donors (Lipinski definition) is 0. The quantitative estimate of drug-likeness (QED) is 0.376. The van der Waals surface area contributed by atoms with Gasteiger partial charge < -0.3 is 9.47 Å². The Kier molecular flexibility index (Phi) is 6.32. The third-order valence-corrected chi connectivity index (χ3v) is 5.34. The van der Waals surface area contributed by atoms with Gasteiger partial charge in [-0.3, -0.25) is 9.36 Å². The first-order valence-electron chi connectivity index (χ1n) is 10.6. The molecule has 0 atom stereocenters. The molecule has 4 aromatic rings. The average molecular weight is 415 g/mol. The Hall–Kier alpha value is -3.60. The van der Waals surface area contributed by atoms with Gasteiger partial charge in [-0.05, 0) is 66.9 Å². The molecule has 0 saturated carbocycles. The van der Waals surface area contributed by atoms with Gasteiger partial charge in [-0.25, -0.2) is 4.98 Å². The number of methoxy groups -OCH3 is 1. The van der Waals surface area contributed by atoms with Gasteiger partial charge in [0.05, 0.1) is 24.6 Å². The number of aryl methyl sites for hydroxylation is 1. The van der Waals surface area contributed by atoms with Gasteiger partial charge in [-0.1, -0.05) is 31.2 Å². The molecule has 0 aliphatic carbocycles. The van der Waals surface area contributed by atoms with E-state index in [-0.39, 0.29) is 5.56 Å². The summed E-state index contributed by atoms with van der Waals surface area (Å²) in [7, 11) is 1.63. The van der Waals surface area contributed by atoms with Gasteiger partial charge in [0, 0.05) is 12.1 Å². The van der Waals surface area contributed by atoms with Crippen LogP contribution in [-0.2, 0) is 13.0 Å². The van der Waals surface area contributed by atoms with Crippen LogP contribution in [0.15, 0.2) is 77.6 Å². The molecule has 158 valence electrons. The maximum absolute atomic E-state index is 13.2. The van der Waals surface area contributed by atoms with E-state index in [1.807, 2.05) is 60.7 Å². The minimum absolute atomic E-state index is 0.0382. The fraction of sp³-hybridized carbons (Fsp3) is 0.231. The summed E-state index contributed by atoms with van der Waals surface area (Å²) in [5.41, 5.74) is 2.82. The molecule has 1 heterocycles. The Morgan fingerprint density at radius 2 is 1.61 bits per heavy atom. The highest BCUT2D eigenvalue weighted by atomic mass is 16.5. The summed E-state index contributed by atoms with van der Waals surface area (Å²) in [6.45, 7) is 3.17. The normalized spacial score (nSPS) is 10.9. The summed E-state index contributed by atoms with van der Waals surface area (Å²) < 4.78 is 12.9. The molecule has 0 amide bonds. The van der Waals surface area contributed by atoms with Crippen LogP contribution >= 0.6 is 0 Å². The van der Waals surface area contributed by atoms with Crippen LogP contribution in [0.5, 0.6) is 11.5 Å². The number of para-hydroxylation sites is 1. The third kappa shape index (κ3) is 4.61. The van der Waals surface area contributed by atoms with Crippen LogP contribution in [0.3, 0.4) is 0 Å². The molecule has 0 aliphatic heterocycles. The average Bonchev–Trinajstić information content (AvgIpc) is 2.83. The first-order chi connectivity index (χ1) is 15.2. The molecule has 5 heteroatoms. The van der Waals surface area contributed by atoms with Crippen LogP contribution in [0.2, 0.25) is 0 Å². The van der Waals surface area contributed by atoms with Crippen LogP contribution in [0.4, 0.5) is 0 Å². The lowest BCUT2D eigenvalue weighted by Gasteiger charge is -2.14.